The van der Waals surface area contributed by atoms with Crippen molar-refractivity contribution in [2.45, 2.75) is 38.6 Å². The lowest BCUT2D eigenvalue weighted by Gasteiger charge is -2.34. The molecule has 1 aliphatic heterocycles. The summed E-state index contributed by atoms with van der Waals surface area (Å²) in [4.78, 5) is 2.05. The van der Waals surface area contributed by atoms with E-state index in [0.29, 0.717) is 19.0 Å². The summed E-state index contributed by atoms with van der Waals surface area (Å²) >= 11 is 0. The van der Waals surface area contributed by atoms with Gasteiger partial charge in [-0.2, -0.15) is 0 Å². The Bertz CT molecular complexity index is 129. The number of alkyl halides is 1. The first-order valence-corrected chi connectivity index (χ1v) is 4.17. The molecular weight excluding hydrogens is 145 g/mol. The fourth-order valence-electron chi connectivity index (χ4n) is 1.38. The van der Waals surface area contributed by atoms with Gasteiger partial charge in [0.15, 0.2) is 0 Å². The monoisotopic (exact) mass is 161 g/mol. The van der Waals surface area contributed by atoms with Crippen LogP contribution in [0.1, 0.15) is 20.3 Å². The van der Waals surface area contributed by atoms with E-state index < -0.39 is 12.3 Å². The van der Waals surface area contributed by atoms with Gasteiger partial charge in [0.25, 0.3) is 0 Å². The van der Waals surface area contributed by atoms with Gasteiger partial charge in [0, 0.05) is 19.1 Å². The summed E-state index contributed by atoms with van der Waals surface area (Å²) in [6, 6.07) is 0.390. The molecule has 1 heterocycles. The third kappa shape index (κ3) is 2.14. The fourth-order valence-corrected chi connectivity index (χ4v) is 1.38. The number of hydrogen-bond acceptors (Lipinski definition) is 2. The Hall–Kier alpha value is -0.150. The molecule has 1 N–H and O–H groups in total. The molecular formula is C8H16FNO. The maximum atomic E-state index is 12.9. The first-order valence-electron chi connectivity index (χ1n) is 4.17. The molecule has 1 saturated heterocycles. The average Bonchev–Trinajstić information content (AvgIpc) is 1.94. The zero-order chi connectivity index (χ0) is 8.43. The number of aliphatic hydroxyl groups is 1. The largest absolute Gasteiger partial charge is 0.390 e. The van der Waals surface area contributed by atoms with Gasteiger partial charge in [-0.25, -0.2) is 4.39 Å². The Balaban J connectivity index is 2.40. The van der Waals surface area contributed by atoms with Gasteiger partial charge in [-0.15, -0.1) is 0 Å². The third-order valence-corrected chi connectivity index (χ3v) is 2.27. The first kappa shape index (κ1) is 8.94. The van der Waals surface area contributed by atoms with E-state index in [4.69, 9.17) is 5.11 Å². The predicted molar refractivity (Wildman–Crippen MR) is 42.2 cm³/mol. The number of hydrogen-bond donors (Lipinski definition) is 1. The van der Waals surface area contributed by atoms with E-state index in [1.807, 2.05) is 13.8 Å². The van der Waals surface area contributed by atoms with Crippen molar-refractivity contribution in [2.24, 2.45) is 0 Å². The zero-order valence-corrected chi connectivity index (χ0v) is 7.13. The van der Waals surface area contributed by atoms with Crippen LogP contribution >= 0.6 is 0 Å². The Morgan fingerprint density at radius 3 is 2.64 bits per heavy atom. The second kappa shape index (κ2) is 3.50. The normalized spacial score (nSPS) is 34.6. The SMILES string of the molecule is CC(C)N1CC[C@H](O)C(F)C1. The van der Waals surface area contributed by atoms with E-state index >= 15 is 0 Å². The van der Waals surface area contributed by atoms with Crippen molar-refractivity contribution in [3.8, 4) is 0 Å². The van der Waals surface area contributed by atoms with Gasteiger partial charge in [-0.1, -0.05) is 0 Å². The Morgan fingerprint density at radius 2 is 2.18 bits per heavy atom. The van der Waals surface area contributed by atoms with Crippen LogP contribution in [0.2, 0.25) is 0 Å². The number of piperidine rings is 1. The van der Waals surface area contributed by atoms with Gasteiger partial charge in [-0.3, -0.25) is 4.90 Å². The highest BCUT2D eigenvalue weighted by Gasteiger charge is 2.28. The number of aliphatic hydroxyl groups excluding tert-OH is 1. The van der Waals surface area contributed by atoms with Crippen LogP contribution in [-0.2, 0) is 0 Å². The lowest BCUT2D eigenvalue weighted by atomic mass is 10.1. The number of halogens is 1. The minimum atomic E-state index is -1.05. The van der Waals surface area contributed by atoms with E-state index in [-0.39, 0.29) is 0 Å². The van der Waals surface area contributed by atoms with Crippen LogP contribution in [0.3, 0.4) is 0 Å². The van der Waals surface area contributed by atoms with Gasteiger partial charge >= 0.3 is 0 Å². The maximum absolute atomic E-state index is 12.9. The average molecular weight is 161 g/mol. The number of rotatable bonds is 1. The van der Waals surface area contributed by atoms with Crippen molar-refractivity contribution in [1.82, 2.24) is 4.90 Å². The number of likely N-dealkylation sites (tertiary alicyclic amines) is 1. The molecule has 0 saturated carbocycles. The van der Waals surface area contributed by atoms with Crippen molar-refractivity contribution >= 4 is 0 Å². The summed E-state index contributed by atoms with van der Waals surface area (Å²) < 4.78 is 12.9. The van der Waals surface area contributed by atoms with E-state index in [1.165, 1.54) is 0 Å². The lowest BCUT2D eigenvalue weighted by molar-refractivity contribution is -0.00315. The Morgan fingerprint density at radius 1 is 1.55 bits per heavy atom. The summed E-state index contributed by atoms with van der Waals surface area (Å²) in [6.07, 6.45) is -1.21. The molecule has 0 aromatic rings. The standard InChI is InChI=1S/C8H16FNO/c1-6(2)10-4-3-8(11)7(9)5-10/h6-8,11H,3-5H2,1-2H3/t7?,8-/m0/s1. The predicted octanol–water partition coefficient (Wildman–Crippen LogP) is 0.800. The van der Waals surface area contributed by atoms with Gasteiger partial charge < -0.3 is 5.11 Å². The van der Waals surface area contributed by atoms with E-state index in [0.717, 1.165) is 6.54 Å². The topological polar surface area (TPSA) is 23.5 Å². The molecule has 1 unspecified atom stereocenters. The van der Waals surface area contributed by atoms with Crippen LogP contribution < -0.4 is 0 Å². The summed E-state index contributed by atoms with van der Waals surface area (Å²) in [5.41, 5.74) is 0. The van der Waals surface area contributed by atoms with E-state index in [9.17, 15) is 4.39 Å². The smallest absolute Gasteiger partial charge is 0.139 e. The summed E-state index contributed by atoms with van der Waals surface area (Å²) in [5.74, 6) is 0. The van der Waals surface area contributed by atoms with Crippen molar-refractivity contribution in [1.29, 1.82) is 0 Å². The van der Waals surface area contributed by atoms with Gasteiger partial charge in [-0.05, 0) is 20.3 Å². The molecule has 0 aromatic heterocycles. The summed E-state index contributed by atoms with van der Waals surface area (Å²) in [7, 11) is 0. The molecule has 0 radical (unpaired) electrons. The van der Waals surface area contributed by atoms with Crippen molar-refractivity contribution in [3.05, 3.63) is 0 Å². The fraction of sp³-hybridized carbons (Fsp3) is 1.00. The van der Waals surface area contributed by atoms with Crippen LogP contribution in [-0.4, -0.2) is 41.4 Å². The molecule has 0 spiro atoms. The molecule has 2 nitrogen and oxygen atoms in total. The molecule has 0 aliphatic carbocycles. The van der Waals surface area contributed by atoms with Gasteiger partial charge in [0.1, 0.15) is 6.17 Å². The maximum Gasteiger partial charge on any atom is 0.139 e. The molecule has 2 atom stereocenters. The van der Waals surface area contributed by atoms with Crippen molar-refractivity contribution in [2.75, 3.05) is 13.1 Å². The van der Waals surface area contributed by atoms with Gasteiger partial charge in [0.2, 0.25) is 0 Å². The molecule has 11 heavy (non-hydrogen) atoms. The minimum absolute atomic E-state index is 0.388. The molecule has 3 heteroatoms. The first-order chi connectivity index (χ1) is 5.11. The van der Waals surface area contributed by atoms with Crippen LogP contribution in [0, 0.1) is 0 Å². The summed E-state index contributed by atoms with van der Waals surface area (Å²) in [6.45, 7) is 5.30. The van der Waals surface area contributed by atoms with Crippen molar-refractivity contribution in [3.63, 3.8) is 0 Å². The molecule has 1 aliphatic rings. The van der Waals surface area contributed by atoms with Crippen LogP contribution in [0.25, 0.3) is 0 Å². The highest BCUT2D eigenvalue weighted by molar-refractivity contribution is 4.80. The third-order valence-electron chi connectivity index (χ3n) is 2.27. The molecule has 1 fully saturated rings. The molecule has 0 amide bonds. The molecule has 66 valence electrons. The van der Waals surface area contributed by atoms with Gasteiger partial charge in [0.05, 0.1) is 6.10 Å². The van der Waals surface area contributed by atoms with Crippen LogP contribution in [0.4, 0.5) is 4.39 Å². The molecule has 0 bridgehead atoms. The Labute approximate surface area is 67.0 Å². The summed E-state index contributed by atoms with van der Waals surface area (Å²) in [5, 5.41) is 9.08. The zero-order valence-electron chi connectivity index (χ0n) is 7.13. The molecule has 0 aromatic carbocycles. The van der Waals surface area contributed by atoms with Crippen molar-refractivity contribution < 1.29 is 9.50 Å². The van der Waals surface area contributed by atoms with E-state index in [2.05, 4.69) is 4.90 Å². The van der Waals surface area contributed by atoms with Crippen LogP contribution in [0.15, 0.2) is 0 Å². The van der Waals surface area contributed by atoms with E-state index in [1.54, 1.807) is 0 Å². The molecule has 1 rings (SSSR count). The highest BCUT2D eigenvalue weighted by atomic mass is 19.1. The second-order valence-corrected chi connectivity index (χ2v) is 3.46. The minimum Gasteiger partial charge on any atom is -0.390 e. The quantitative estimate of drug-likeness (QED) is 0.615. The Kier molecular flexibility index (Phi) is 2.84. The van der Waals surface area contributed by atoms with Crippen LogP contribution in [0.5, 0.6) is 0 Å². The number of nitrogens with zero attached hydrogens (tertiary/aromatic N) is 1. The lowest BCUT2D eigenvalue weighted by Crippen LogP contribution is -2.47. The second-order valence-electron chi connectivity index (χ2n) is 3.46. The highest BCUT2D eigenvalue weighted by Crippen LogP contribution is 2.15.